The Labute approximate surface area is 86.9 Å². The first-order chi connectivity index (χ1) is 6.30. The molecule has 0 radical (unpaired) electrons. The molecule has 4 heteroatoms. The molecule has 0 bridgehead atoms. The molecule has 3 nitrogen and oxygen atoms in total. The minimum atomic E-state index is -1.09. The fourth-order valence-electron chi connectivity index (χ4n) is 1.07. The molecule has 0 spiro atoms. The highest BCUT2D eigenvalue weighted by atomic mass is 35.5. The Morgan fingerprint density at radius 1 is 1.36 bits per heavy atom. The van der Waals surface area contributed by atoms with Crippen molar-refractivity contribution in [3.05, 3.63) is 34.3 Å². The summed E-state index contributed by atoms with van der Waals surface area (Å²) in [6.07, 6.45) is 0. The van der Waals surface area contributed by atoms with E-state index in [9.17, 15) is 9.90 Å². The van der Waals surface area contributed by atoms with E-state index in [0.29, 0.717) is 10.6 Å². The Morgan fingerprint density at radius 3 is 2.36 bits per heavy atom. The maximum absolute atomic E-state index is 10.7. The maximum Gasteiger partial charge on any atom is 0.335 e. The molecule has 0 heterocycles. The number of carbonyl (C=O) groups is 1. The van der Waals surface area contributed by atoms with Crippen LogP contribution in [0.4, 0.5) is 0 Å². The van der Waals surface area contributed by atoms with Crippen molar-refractivity contribution in [1.82, 2.24) is 0 Å². The number of hydrogen-bond acceptors (Lipinski definition) is 2. The zero-order valence-electron chi connectivity index (χ0n) is 7.91. The number of halogens is 1. The number of hydrogen-bond donors (Lipinski definition) is 2. The highest BCUT2D eigenvalue weighted by molar-refractivity contribution is 6.31. The van der Waals surface area contributed by atoms with Crippen LogP contribution >= 0.6 is 11.6 Å². The van der Waals surface area contributed by atoms with Crippen LogP contribution in [-0.2, 0) is 5.60 Å². The van der Waals surface area contributed by atoms with Gasteiger partial charge in [0.1, 0.15) is 0 Å². The zero-order chi connectivity index (χ0) is 10.9. The van der Waals surface area contributed by atoms with Crippen molar-refractivity contribution < 1.29 is 15.0 Å². The summed E-state index contributed by atoms with van der Waals surface area (Å²) in [6.45, 7) is 3.15. The molecule has 0 saturated carbocycles. The lowest BCUT2D eigenvalue weighted by atomic mass is 9.96. The number of benzene rings is 1. The van der Waals surface area contributed by atoms with Gasteiger partial charge < -0.3 is 10.2 Å². The topological polar surface area (TPSA) is 57.5 Å². The average molecular weight is 215 g/mol. The zero-order valence-corrected chi connectivity index (χ0v) is 8.67. The largest absolute Gasteiger partial charge is 0.478 e. The van der Waals surface area contributed by atoms with Crippen LogP contribution in [0.1, 0.15) is 29.8 Å². The molecule has 0 saturated heterocycles. The van der Waals surface area contributed by atoms with E-state index in [1.54, 1.807) is 19.9 Å². The Morgan fingerprint density at radius 2 is 1.93 bits per heavy atom. The summed E-state index contributed by atoms with van der Waals surface area (Å²) in [5.74, 6) is -1.06. The number of carboxylic acid groups (broad SMARTS) is 1. The molecular weight excluding hydrogens is 204 g/mol. The fourth-order valence-corrected chi connectivity index (χ4v) is 1.30. The van der Waals surface area contributed by atoms with Gasteiger partial charge in [-0.05, 0) is 37.6 Å². The second-order valence-corrected chi connectivity index (χ2v) is 4.03. The van der Waals surface area contributed by atoms with Crippen LogP contribution in [0.2, 0.25) is 5.02 Å². The Kier molecular flexibility index (Phi) is 2.83. The van der Waals surface area contributed by atoms with Crippen molar-refractivity contribution in [2.24, 2.45) is 0 Å². The maximum atomic E-state index is 10.7. The Hall–Kier alpha value is -1.06. The van der Waals surface area contributed by atoms with Gasteiger partial charge in [0, 0.05) is 5.02 Å². The number of aromatic carboxylic acids is 1. The third-order valence-corrected chi connectivity index (χ3v) is 2.07. The molecule has 0 atom stereocenters. The van der Waals surface area contributed by atoms with E-state index in [0.717, 1.165) is 0 Å². The van der Waals surface area contributed by atoms with Gasteiger partial charge in [-0.25, -0.2) is 4.79 Å². The van der Waals surface area contributed by atoms with Crippen LogP contribution in [0, 0.1) is 0 Å². The minimum Gasteiger partial charge on any atom is -0.478 e. The molecule has 14 heavy (non-hydrogen) atoms. The predicted octanol–water partition coefficient (Wildman–Crippen LogP) is 2.27. The molecule has 0 amide bonds. The quantitative estimate of drug-likeness (QED) is 0.794. The minimum absolute atomic E-state index is 0.0784. The fraction of sp³-hybridized carbons (Fsp3) is 0.300. The van der Waals surface area contributed by atoms with E-state index in [1.807, 2.05) is 0 Å². The summed E-state index contributed by atoms with van der Waals surface area (Å²) in [6, 6.07) is 4.31. The monoisotopic (exact) mass is 214 g/mol. The van der Waals surface area contributed by atoms with E-state index in [-0.39, 0.29) is 5.56 Å². The molecule has 76 valence electrons. The standard InChI is InChI=1S/C10H11ClO3/c1-10(2,14)7-3-6(9(12)13)4-8(11)5-7/h3-5,14H,1-2H3,(H,12,13). The first-order valence-corrected chi connectivity index (χ1v) is 4.45. The summed E-state index contributed by atoms with van der Waals surface area (Å²) in [5.41, 5.74) is -0.522. The molecule has 0 fully saturated rings. The Balaban J connectivity index is 3.28. The van der Waals surface area contributed by atoms with E-state index in [4.69, 9.17) is 16.7 Å². The lowest BCUT2D eigenvalue weighted by Gasteiger charge is -2.18. The van der Waals surface area contributed by atoms with Gasteiger partial charge in [-0.3, -0.25) is 0 Å². The molecule has 0 aromatic heterocycles. The van der Waals surface area contributed by atoms with Crippen molar-refractivity contribution in [1.29, 1.82) is 0 Å². The van der Waals surface area contributed by atoms with Crippen LogP contribution in [0.5, 0.6) is 0 Å². The summed E-state index contributed by atoms with van der Waals surface area (Å²) in [4.78, 5) is 10.7. The number of carboxylic acids is 1. The van der Waals surface area contributed by atoms with Gasteiger partial charge in [0.25, 0.3) is 0 Å². The molecule has 2 N–H and O–H groups in total. The molecule has 1 aromatic rings. The molecule has 1 aromatic carbocycles. The number of aliphatic hydroxyl groups is 1. The summed E-state index contributed by atoms with van der Waals surface area (Å²) in [5, 5.41) is 18.7. The average Bonchev–Trinajstić information content (AvgIpc) is 2.01. The van der Waals surface area contributed by atoms with Crippen molar-refractivity contribution in [3.63, 3.8) is 0 Å². The SMILES string of the molecule is CC(C)(O)c1cc(Cl)cc(C(=O)O)c1. The van der Waals surface area contributed by atoms with Crippen molar-refractivity contribution in [3.8, 4) is 0 Å². The molecule has 0 aliphatic heterocycles. The van der Waals surface area contributed by atoms with Crippen LogP contribution in [-0.4, -0.2) is 16.2 Å². The first-order valence-electron chi connectivity index (χ1n) is 4.07. The van der Waals surface area contributed by atoms with Gasteiger partial charge in [-0.2, -0.15) is 0 Å². The lowest BCUT2D eigenvalue weighted by molar-refractivity contribution is 0.0693. The number of rotatable bonds is 2. The molecule has 0 aliphatic carbocycles. The van der Waals surface area contributed by atoms with Crippen LogP contribution in [0.25, 0.3) is 0 Å². The smallest absolute Gasteiger partial charge is 0.335 e. The summed E-state index contributed by atoms with van der Waals surface area (Å²) < 4.78 is 0. The summed E-state index contributed by atoms with van der Waals surface area (Å²) in [7, 11) is 0. The first kappa shape index (κ1) is 11.0. The van der Waals surface area contributed by atoms with Crippen LogP contribution < -0.4 is 0 Å². The predicted molar refractivity (Wildman–Crippen MR) is 53.7 cm³/mol. The van der Waals surface area contributed by atoms with Gasteiger partial charge in [0.05, 0.1) is 11.2 Å². The highest BCUT2D eigenvalue weighted by Crippen LogP contribution is 2.24. The second kappa shape index (κ2) is 3.59. The normalized spacial score (nSPS) is 11.4. The van der Waals surface area contributed by atoms with Crippen molar-refractivity contribution in [2.75, 3.05) is 0 Å². The third-order valence-electron chi connectivity index (χ3n) is 1.85. The van der Waals surface area contributed by atoms with Gasteiger partial charge >= 0.3 is 5.97 Å². The molecule has 0 aliphatic rings. The van der Waals surface area contributed by atoms with Gasteiger partial charge in [-0.15, -0.1) is 0 Å². The van der Waals surface area contributed by atoms with E-state index in [1.165, 1.54) is 12.1 Å². The van der Waals surface area contributed by atoms with Crippen molar-refractivity contribution >= 4 is 17.6 Å². The molecular formula is C10H11ClO3. The highest BCUT2D eigenvalue weighted by Gasteiger charge is 2.18. The van der Waals surface area contributed by atoms with Crippen molar-refractivity contribution in [2.45, 2.75) is 19.4 Å². The van der Waals surface area contributed by atoms with E-state index in [2.05, 4.69) is 0 Å². The molecule has 1 rings (SSSR count). The lowest BCUT2D eigenvalue weighted by Crippen LogP contribution is -2.16. The van der Waals surface area contributed by atoms with Crippen LogP contribution in [0.15, 0.2) is 18.2 Å². The second-order valence-electron chi connectivity index (χ2n) is 3.59. The van der Waals surface area contributed by atoms with E-state index < -0.39 is 11.6 Å². The van der Waals surface area contributed by atoms with Gasteiger partial charge in [0.15, 0.2) is 0 Å². The Bertz CT molecular complexity index is 366. The summed E-state index contributed by atoms with van der Waals surface area (Å²) >= 11 is 5.73. The molecule has 0 unspecified atom stereocenters. The third kappa shape index (κ3) is 2.47. The van der Waals surface area contributed by atoms with Crippen LogP contribution in [0.3, 0.4) is 0 Å². The van der Waals surface area contributed by atoms with Gasteiger partial charge in [-0.1, -0.05) is 11.6 Å². The van der Waals surface area contributed by atoms with E-state index >= 15 is 0 Å². The van der Waals surface area contributed by atoms with Gasteiger partial charge in [0.2, 0.25) is 0 Å².